The molecule has 3 rings (SSSR count). The number of hydroxylamine groups is 2. The van der Waals surface area contributed by atoms with Gasteiger partial charge in [0.1, 0.15) is 30.2 Å². The van der Waals surface area contributed by atoms with E-state index in [1.54, 1.807) is 10.9 Å². The second kappa shape index (κ2) is 9.18. The molecule has 6 atom stereocenters. The highest BCUT2D eigenvalue weighted by Gasteiger charge is 2.44. The summed E-state index contributed by atoms with van der Waals surface area (Å²) in [4.78, 5) is 24.6. The van der Waals surface area contributed by atoms with Crippen LogP contribution in [0.25, 0.3) is 11.2 Å². The van der Waals surface area contributed by atoms with Crippen molar-refractivity contribution in [2.75, 3.05) is 12.3 Å². The first-order valence-corrected chi connectivity index (χ1v) is 10.0. The van der Waals surface area contributed by atoms with Crippen LogP contribution in [0.3, 0.4) is 0 Å². The molecule has 0 spiro atoms. The number of quaternary nitrogens is 1. The van der Waals surface area contributed by atoms with E-state index in [9.17, 15) is 20.2 Å². The number of amides is 1. The number of imidazole rings is 1. The highest BCUT2D eigenvalue weighted by Crippen LogP contribution is 2.25. The van der Waals surface area contributed by atoms with Crippen molar-refractivity contribution in [2.45, 2.75) is 63.7 Å². The first-order valence-electron chi connectivity index (χ1n) is 10.0. The summed E-state index contributed by atoms with van der Waals surface area (Å²) < 4.78 is 7.50. The number of aliphatic hydroxyl groups excluding tert-OH is 2. The molecule has 0 saturated carbocycles. The highest BCUT2D eigenvalue weighted by atomic mass is 16.6. The molecule has 2 aromatic heterocycles. The second-order valence-corrected chi connectivity index (χ2v) is 7.76. The Bertz CT molecular complexity index is 878. The van der Waals surface area contributed by atoms with Gasteiger partial charge in [0.25, 0.3) is 0 Å². The van der Waals surface area contributed by atoms with Crippen LogP contribution < -0.4 is 11.5 Å². The minimum atomic E-state index is -1.23. The van der Waals surface area contributed by atoms with Crippen molar-refractivity contribution >= 4 is 22.9 Å². The average Bonchev–Trinajstić information content (AvgIpc) is 3.27. The van der Waals surface area contributed by atoms with Crippen molar-refractivity contribution in [2.24, 2.45) is 5.92 Å². The third kappa shape index (κ3) is 4.37. The molecule has 1 aliphatic rings. The number of rotatable bonds is 8. The number of nitrogens with two attached hydrogens (primary N) is 1. The van der Waals surface area contributed by atoms with Gasteiger partial charge in [-0.15, -0.1) is 0 Å². The van der Waals surface area contributed by atoms with E-state index in [1.165, 1.54) is 6.33 Å². The number of anilines is 1. The number of aryl methyl sites for hydroxylation is 1. The average molecular weight is 424 g/mol. The monoisotopic (exact) mass is 424 g/mol. The van der Waals surface area contributed by atoms with Crippen molar-refractivity contribution in [3.8, 4) is 0 Å². The van der Waals surface area contributed by atoms with Gasteiger partial charge in [0, 0.05) is 12.5 Å². The van der Waals surface area contributed by atoms with E-state index in [2.05, 4.69) is 20.7 Å². The zero-order chi connectivity index (χ0) is 22.0. The van der Waals surface area contributed by atoms with Gasteiger partial charge >= 0.3 is 5.91 Å². The topological polar surface area (TPSA) is 187 Å². The van der Waals surface area contributed by atoms with Gasteiger partial charge in [-0.1, -0.05) is 13.8 Å². The third-order valence-corrected chi connectivity index (χ3v) is 5.80. The number of hydrogen-bond donors (Lipinski definition) is 5. The number of ether oxygens (including phenoxy) is 1. The Morgan fingerprint density at radius 2 is 2.03 bits per heavy atom. The first-order chi connectivity index (χ1) is 14.2. The van der Waals surface area contributed by atoms with Gasteiger partial charge in [0.2, 0.25) is 0 Å². The van der Waals surface area contributed by atoms with E-state index in [0.29, 0.717) is 29.2 Å². The van der Waals surface area contributed by atoms with Gasteiger partial charge in [-0.2, -0.15) is 0 Å². The lowest BCUT2D eigenvalue weighted by Crippen LogP contribution is -2.70. The quantitative estimate of drug-likeness (QED) is 0.240. The lowest BCUT2D eigenvalue weighted by atomic mass is 9.99. The van der Waals surface area contributed by atoms with Crippen LogP contribution >= 0.6 is 0 Å². The minimum Gasteiger partial charge on any atom is -0.388 e. The summed E-state index contributed by atoms with van der Waals surface area (Å²) in [7, 11) is 0. The van der Waals surface area contributed by atoms with Crippen LogP contribution in [0.5, 0.6) is 0 Å². The Morgan fingerprint density at radius 3 is 2.73 bits per heavy atom. The Labute approximate surface area is 173 Å². The smallest absolute Gasteiger partial charge is 0.304 e. The maximum atomic E-state index is 12.3. The normalized spacial score (nSPS) is 26.1. The third-order valence-electron chi connectivity index (χ3n) is 5.80. The zero-order valence-corrected chi connectivity index (χ0v) is 17.1. The fourth-order valence-electron chi connectivity index (χ4n) is 3.52. The van der Waals surface area contributed by atoms with Gasteiger partial charge in [-0.25, -0.2) is 20.0 Å². The van der Waals surface area contributed by atoms with Crippen LogP contribution in [0.2, 0.25) is 0 Å². The molecule has 2 aromatic rings. The van der Waals surface area contributed by atoms with E-state index in [4.69, 9.17) is 10.5 Å². The molecular weight excluding hydrogens is 394 g/mol. The number of aromatic nitrogens is 4. The fourth-order valence-corrected chi connectivity index (χ4v) is 3.52. The number of carbonyl (C=O) groups is 1. The molecule has 1 fully saturated rings. The summed E-state index contributed by atoms with van der Waals surface area (Å²) in [5.41, 5.74) is 10.6. The number of hydrogen-bond acceptors (Lipinski definition) is 9. The molecule has 0 bridgehead atoms. The van der Waals surface area contributed by atoms with E-state index in [1.807, 2.05) is 13.8 Å². The number of aliphatic hydroxyl groups is 2. The standard InChI is InChI=1S/C18H29N7O5/c1-3-9(2)12(19)18(28)25(29)6-11-15(27)14(26)10(30-11)4-5-24-8-23-13-16(20)21-7-22-17(13)24/h7-12,14-15,26-27,29H,3-6,19H2,1-2H3,(H2,20,21,22)/p+1/t9-,10-,11+,12-,14-,15+/m0/s1. The lowest BCUT2D eigenvalue weighted by molar-refractivity contribution is -0.420. The van der Waals surface area contributed by atoms with Crippen molar-refractivity contribution in [3.05, 3.63) is 12.7 Å². The van der Waals surface area contributed by atoms with Crippen molar-refractivity contribution < 1.29 is 30.7 Å². The lowest BCUT2D eigenvalue weighted by Gasteiger charge is -2.24. The SMILES string of the molecule is CC[C@H](C)[C@H]([NH3+])C(=O)N(O)C[C@H]1O[C@@H](CCn2cnc3c(N)ncnc32)[C@H](O)[C@@H]1O. The summed E-state index contributed by atoms with van der Waals surface area (Å²) >= 11 is 0. The summed E-state index contributed by atoms with van der Waals surface area (Å²) in [6.07, 6.45) is 0.0297. The summed E-state index contributed by atoms with van der Waals surface area (Å²) in [5.74, 6) is -0.261. The van der Waals surface area contributed by atoms with Crippen LogP contribution in [-0.4, -0.2) is 82.9 Å². The number of carbonyl (C=O) groups excluding carboxylic acids is 1. The van der Waals surface area contributed by atoms with Crippen LogP contribution in [0.1, 0.15) is 26.7 Å². The Kier molecular flexibility index (Phi) is 6.83. The summed E-state index contributed by atoms with van der Waals surface area (Å²) in [6.45, 7) is 3.97. The van der Waals surface area contributed by atoms with Crippen molar-refractivity contribution in [1.82, 2.24) is 24.6 Å². The van der Waals surface area contributed by atoms with Crippen LogP contribution in [0.15, 0.2) is 12.7 Å². The number of fused-ring (bicyclic) bond motifs is 1. The molecule has 3 heterocycles. The van der Waals surface area contributed by atoms with Gasteiger partial charge in [0.15, 0.2) is 17.5 Å². The Balaban J connectivity index is 1.59. The van der Waals surface area contributed by atoms with Gasteiger partial charge in [-0.3, -0.25) is 10.0 Å². The van der Waals surface area contributed by atoms with Gasteiger partial charge < -0.3 is 31.0 Å². The minimum absolute atomic E-state index is 0.00255. The van der Waals surface area contributed by atoms with E-state index in [0.717, 1.165) is 6.42 Å². The summed E-state index contributed by atoms with van der Waals surface area (Å²) in [6, 6.07) is -0.608. The molecule has 1 aliphatic heterocycles. The van der Waals surface area contributed by atoms with E-state index < -0.39 is 36.4 Å². The molecule has 12 heteroatoms. The zero-order valence-electron chi connectivity index (χ0n) is 17.1. The van der Waals surface area contributed by atoms with E-state index >= 15 is 0 Å². The number of nitrogens with zero attached hydrogens (tertiary/aromatic N) is 5. The molecule has 1 saturated heterocycles. The van der Waals surface area contributed by atoms with Gasteiger partial charge in [-0.05, 0) is 12.8 Å². The van der Waals surface area contributed by atoms with Crippen molar-refractivity contribution in [1.29, 1.82) is 0 Å². The van der Waals surface area contributed by atoms with Crippen LogP contribution in [0, 0.1) is 5.92 Å². The predicted molar refractivity (Wildman–Crippen MR) is 105 cm³/mol. The molecule has 12 nitrogen and oxygen atoms in total. The van der Waals surface area contributed by atoms with Crippen LogP contribution in [0.4, 0.5) is 5.82 Å². The molecule has 0 aromatic carbocycles. The Morgan fingerprint density at radius 1 is 1.33 bits per heavy atom. The molecule has 1 amide bonds. The van der Waals surface area contributed by atoms with Crippen LogP contribution in [-0.2, 0) is 16.1 Å². The largest absolute Gasteiger partial charge is 0.388 e. The molecule has 0 aliphatic carbocycles. The molecule has 0 unspecified atom stereocenters. The van der Waals surface area contributed by atoms with Crippen molar-refractivity contribution in [3.63, 3.8) is 0 Å². The fraction of sp³-hybridized carbons (Fsp3) is 0.667. The molecule has 166 valence electrons. The highest BCUT2D eigenvalue weighted by molar-refractivity contribution is 5.81. The molecule has 8 N–H and O–H groups in total. The molecule has 30 heavy (non-hydrogen) atoms. The van der Waals surface area contributed by atoms with Gasteiger partial charge in [0.05, 0.1) is 19.0 Å². The number of nitrogen functional groups attached to an aromatic ring is 1. The molecule has 0 radical (unpaired) electrons. The first kappa shape index (κ1) is 22.3. The summed E-state index contributed by atoms with van der Waals surface area (Å²) in [5, 5.41) is 31.3. The maximum Gasteiger partial charge on any atom is 0.304 e. The van der Waals surface area contributed by atoms with E-state index in [-0.39, 0.29) is 18.3 Å². The predicted octanol–water partition coefficient (Wildman–Crippen LogP) is -1.84. The molecular formula is C18H30N7O5+. The second-order valence-electron chi connectivity index (χ2n) is 7.76. The maximum absolute atomic E-state index is 12.3. The Hall–Kier alpha value is -2.38.